The van der Waals surface area contributed by atoms with Crippen molar-refractivity contribution in [2.75, 3.05) is 5.32 Å². The Hall–Kier alpha value is -2.67. The quantitative estimate of drug-likeness (QED) is 0.658. The van der Waals surface area contributed by atoms with Crippen LogP contribution >= 0.6 is 0 Å². The number of amides is 3. The zero-order chi connectivity index (χ0) is 23.6. The van der Waals surface area contributed by atoms with E-state index in [1.165, 1.54) is 6.42 Å². The third-order valence-corrected chi connectivity index (χ3v) is 8.53. The smallest absolute Gasteiger partial charge is 0.246 e. The Morgan fingerprint density at radius 3 is 2.65 bits per heavy atom. The zero-order valence-electron chi connectivity index (χ0n) is 19.8. The maximum absolute atomic E-state index is 13.8. The van der Waals surface area contributed by atoms with E-state index in [1.54, 1.807) is 4.90 Å². The van der Waals surface area contributed by atoms with E-state index >= 15 is 0 Å². The fourth-order valence-corrected chi connectivity index (χ4v) is 6.69. The molecule has 4 fully saturated rings. The lowest BCUT2D eigenvalue weighted by molar-refractivity contribution is -0.142. The molecule has 3 heterocycles. The Bertz CT molecular complexity index is 1070. The van der Waals surface area contributed by atoms with Crippen molar-refractivity contribution in [1.29, 1.82) is 0 Å². The normalized spacial score (nSPS) is 38.2. The molecule has 3 amide bonds. The largest absolute Gasteiger partial charge is 0.359 e. The van der Waals surface area contributed by atoms with Gasteiger partial charge in [-0.1, -0.05) is 44.1 Å². The van der Waals surface area contributed by atoms with Gasteiger partial charge in [0.1, 0.15) is 11.6 Å². The number of benzene rings is 1. The number of hydrogen-bond donors (Lipinski definition) is 2. The Balaban J connectivity index is 1.29. The van der Waals surface area contributed by atoms with Crippen LogP contribution in [0.1, 0.15) is 51.0 Å². The van der Waals surface area contributed by atoms with E-state index in [4.69, 9.17) is 4.74 Å². The highest BCUT2D eigenvalue weighted by molar-refractivity contribution is 6.03. The van der Waals surface area contributed by atoms with Gasteiger partial charge in [-0.2, -0.15) is 0 Å². The van der Waals surface area contributed by atoms with Crippen LogP contribution in [0.3, 0.4) is 0 Å². The number of anilines is 1. The molecule has 1 spiro atoms. The zero-order valence-corrected chi connectivity index (χ0v) is 19.8. The highest BCUT2D eigenvalue weighted by Crippen LogP contribution is 2.57. The number of carbonyl (C=O) groups is 3. The molecule has 2 aliphatic carbocycles. The Morgan fingerprint density at radius 2 is 1.91 bits per heavy atom. The van der Waals surface area contributed by atoms with Crippen LogP contribution in [0.5, 0.6) is 0 Å². The van der Waals surface area contributed by atoms with Gasteiger partial charge in [-0.05, 0) is 56.2 Å². The van der Waals surface area contributed by atoms with Crippen LogP contribution in [-0.4, -0.2) is 52.5 Å². The van der Waals surface area contributed by atoms with Crippen LogP contribution in [0.15, 0.2) is 36.4 Å². The highest BCUT2D eigenvalue weighted by atomic mass is 16.5. The Morgan fingerprint density at radius 1 is 1.12 bits per heavy atom. The molecule has 6 rings (SSSR count). The van der Waals surface area contributed by atoms with Gasteiger partial charge in [-0.3, -0.25) is 14.4 Å². The molecule has 7 atom stereocenters. The number of likely N-dealkylation sites (tertiary alicyclic amines) is 1. The van der Waals surface area contributed by atoms with Gasteiger partial charge >= 0.3 is 0 Å². The number of carbonyl (C=O) groups excluding carboxylic acids is 3. The van der Waals surface area contributed by atoms with Crippen LogP contribution in [0, 0.1) is 24.7 Å². The molecule has 2 saturated carbocycles. The molecule has 5 aliphatic rings. The summed E-state index contributed by atoms with van der Waals surface area (Å²) in [4.78, 5) is 42.7. The van der Waals surface area contributed by atoms with E-state index in [0.29, 0.717) is 11.6 Å². The van der Waals surface area contributed by atoms with Crippen LogP contribution in [0.4, 0.5) is 5.69 Å². The van der Waals surface area contributed by atoms with E-state index < -0.39 is 29.6 Å². The van der Waals surface area contributed by atoms with Gasteiger partial charge in [0.2, 0.25) is 17.7 Å². The monoisotopic (exact) mass is 463 g/mol. The average Bonchev–Trinajstić information content (AvgIpc) is 3.40. The molecule has 3 aliphatic heterocycles. The second-order valence-electron chi connectivity index (χ2n) is 10.9. The van der Waals surface area contributed by atoms with Crippen molar-refractivity contribution in [3.05, 3.63) is 42.0 Å². The summed E-state index contributed by atoms with van der Waals surface area (Å²) in [6, 6.07) is 7.08. The van der Waals surface area contributed by atoms with Crippen molar-refractivity contribution >= 4 is 23.4 Å². The summed E-state index contributed by atoms with van der Waals surface area (Å²) in [7, 11) is 0. The summed E-state index contributed by atoms with van der Waals surface area (Å²) >= 11 is 0. The number of fused-ring (bicyclic) bond motifs is 1. The van der Waals surface area contributed by atoms with Crippen molar-refractivity contribution in [3.63, 3.8) is 0 Å². The van der Waals surface area contributed by atoms with Crippen molar-refractivity contribution in [3.8, 4) is 0 Å². The van der Waals surface area contributed by atoms with Crippen LogP contribution in [0.2, 0.25) is 0 Å². The van der Waals surface area contributed by atoms with Gasteiger partial charge in [0.05, 0.1) is 17.9 Å². The lowest BCUT2D eigenvalue weighted by Crippen LogP contribution is -2.57. The second-order valence-corrected chi connectivity index (χ2v) is 10.9. The van der Waals surface area contributed by atoms with E-state index in [1.807, 2.05) is 43.3 Å². The predicted octanol–water partition coefficient (Wildman–Crippen LogP) is 2.94. The van der Waals surface area contributed by atoms with Gasteiger partial charge in [0.15, 0.2) is 0 Å². The fourth-order valence-electron chi connectivity index (χ4n) is 6.69. The molecule has 34 heavy (non-hydrogen) atoms. The molecule has 0 aromatic heterocycles. The van der Waals surface area contributed by atoms with Crippen molar-refractivity contribution in [1.82, 2.24) is 10.2 Å². The predicted molar refractivity (Wildman–Crippen MR) is 127 cm³/mol. The molecule has 1 aromatic rings. The van der Waals surface area contributed by atoms with E-state index in [9.17, 15) is 14.4 Å². The summed E-state index contributed by atoms with van der Waals surface area (Å²) < 4.78 is 6.41. The van der Waals surface area contributed by atoms with Crippen LogP contribution < -0.4 is 10.6 Å². The maximum atomic E-state index is 13.8. The molecule has 180 valence electrons. The minimum absolute atomic E-state index is 0.0588. The minimum atomic E-state index is -1.07. The van der Waals surface area contributed by atoms with E-state index in [0.717, 1.165) is 37.7 Å². The molecule has 7 nitrogen and oxygen atoms in total. The first-order chi connectivity index (χ1) is 16.4. The van der Waals surface area contributed by atoms with E-state index in [2.05, 4.69) is 17.6 Å². The second kappa shape index (κ2) is 7.94. The fraction of sp³-hybridized carbons (Fsp3) is 0.593. The van der Waals surface area contributed by atoms with Crippen molar-refractivity contribution < 1.29 is 19.1 Å². The van der Waals surface area contributed by atoms with Gasteiger partial charge in [-0.25, -0.2) is 0 Å². The summed E-state index contributed by atoms with van der Waals surface area (Å²) in [6.45, 7) is 4.16. The van der Waals surface area contributed by atoms with Gasteiger partial charge in [-0.15, -0.1) is 0 Å². The average molecular weight is 464 g/mol. The topological polar surface area (TPSA) is 87.7 Å². The third kappa shape index (κ3) is 3.31. The first-order valence-corrected chi connectivity index (χ1v) is 12.8. The van der Waals surface area contributed by atoms with E-state index in [-0.39, 0.29) is 29.8 Å². The first-order valence-electron chi connectivity index (χ1n) is 12.8. The summed E-state index contributed by atoms with van der Waals surface area (Å²) in [5, 5.41) is 6.27. The molecule has 0 unspecified atom stereocenters. The number of aryl methyl sites for hydroxylation is 1. The molecule has 2 bridgehead atoms. The number of nitrogens with zero attached hydrogens (tertiary/aromatic N) is 1. The molecule has 7 heteroatoms. The van der Waals surface area contributed by atoms with Gasteiger partial charge in [0, 0.05) is 17.8 Å². The van der Waals surface area contributed by atoms with Gasteiger partial charge < -0.3 is 20.3 Å². The Kier molecular flexibility index (Phi) is 5.10. The molecular weight excluding hydrogens is 430 g/mol. The lowest BCUT2D eigenvalue weighted by atomic mass is 9.74. The van der Waals surface area contributed by atoms with Crippen LogP contribution in [0.25, 0.3) is 0 Å². The summed E-state index contributed by atoms with van der Waals surface area (Å²) in [5.74, 6) is -1.38. The standard InChI is InChI=1S/C27H33N3O4/c1-15-6-5-8-17(14-15)28-24(31)21-20-12-13-27(34-20)22(21)26(33)30(18-10-11-18)23(27)25(32)29-19-9-4-3-7-16(19)2/h5-6,8,12-14,16,18-23H,3-4,7,9-11H2,1-2H3,(H,28,31)(H,29,32)/t16-,19-,20+,21-,22+,23+,27+/m0/s1. The van der Waals surface area contributed by atoms with Gasteiger partial charge in [0.25, 0.3) is 0 Å². The summed E-state index contributed by atoms with van der Waals surface area (Å²) in [6.07, 6.45) is 9.45. The number of hydrogen-bond acceptors (Lipinski definition) is 4. The first kappa shape index (κ1) is 21.8. The lowest BCUT2D eigenvalue weighted by Gasteiger charge is -2.36. The minimum Gasteiger partial charge on any atom is -0.359 e. The van der Waals surface area contributed by atoms with Crippen molar-refractivity contribution in [2.24, 2.45) is 17.8 Å². The molecule has 2 saturated heterocycles. The molecular formula is C27H33N3O4. The van der Waals surface area contributed by atoms with Crippen molar-refractivity contribution in [2.45, 2.75) is 82.2 Å². The Labute approximate surface area is 200 Å². The molecule has 2 N–H and O–H groups in total. The maximum Gasteiger partial charge on any atom is 0.246 e. The number of rotatable bonds is 5. The molecule has 1 aromatic carbocycles. The number of ether oxygens (including phenoxy) is 1. The number of nitrogens with one attached hydrogen (secondary N) is 2. The summed E-state index contributed by atoms with van der Waals surface area (Å²) in [5.41, 5.74) is 0.681. The molecule has 0 radical (unpaired) electrons. The SMILES string of the molecule is Cc1cccc(NC(=O)[C@H]2[C@H]3C=C[C@@]4(O3)[C@H]2C(=O)N(C2CC2)[C@@H]4C(=O)N[C@H]2CCCC[C@@H]2C)c1. The highest BCUT2D eigenvalue weighted by Gasteiger charge is 2.74. The van der Waals surface area contributed by atoms with Crippen LogP contribution in [-0.2, 0) is 19.1 Å². The third-order valence-electron chi connectivity index (χ3n) is 8.53.